The molecular weight excluding hydrogens is 196 g/mol. The van der Waals surface area contributed by atoms with Gasteiger partial charge in [0.2, 0.25) is 0 Å². The molecule has 0 N–H and O–H groups in total. The van der Waals surface area contributed by atoms with Crippen molar-refractivity contribution in [3.63, 3.8) is 0 Å². The van der Waals surface area contributed by atoms with Crippen LogP contribution in [-0.4, -0.2) is 25.5 Å². The third kappa shape index (κ3) is 1.48. The fourth-order valence-corrected chi connectivity index (χ4v) is 1.94. The van der Waals surface area contributed by atoms with Crippen LogP contribution in [-0.2, 0) is 7.05 Å². The lowest BCUT2D eigenvalue weighted by molar-refractivity contribution is 0.776. The van der Waals surface area contributed by atoms with E-state index in [2.05, 4.69) is 22.0 Å². The lowest BCUT2D eigenvalue weighted by atomic mass is 10.3. The van der Waals surface area contributed by atoms with Crippen LogP contribution in [0, 0.1) is 6.92 Å². The van der Waals surface area contributed by atoms with Crippen LogP contribution in [0.2, 0.25) is 0 Å². The van der Waals surface area contributed by atoms with E-state index in [0.717, 1.165) is 27.6 Å². The van der Waals surface area contributed by atoms with Crippen LogP contribution in [0.3, 0.4) is 0 Å². The Morgan fingerprint density at radius 1 is 1.43 bits per heavy atom. The molecule has 2 aromatic rings. The zero-order chi connectivity index (χ0) is 10.1. The van der Waals surface area contributed by atoms with Crippen molar-refractivity contribution in [2.75, 3.05) is 5.75 Å². The largest absolute Gasteiger partial charge is 0.250 e. The molecule has 0 saturated heterocycles. The molecule has 0 spiro atoms. The summed E-state index contributed by atoms with van der Waals surface area (Å²) in [7, 11) is 1.90. The summed E-state index contributed by atoms with van der Waals surface area (Å²) in [6.45, 7) is 4.09. The van der Waals surface area contributed by atoms with Gasteiger partial charge in [0, 0.05) is 7.05 Å². The van der Waals surface area contributed by atoms with Crippen molar-refractivity contribution in [2.24, 2.45) is 7.05 Å². The van der Waals surface area contributed by atoms with Gasteiger partial charge in [-0.2, -0.15) is 5.10 Å². The van der Waals surface area contributed by atoms with Gasteiger partial charge in [0.1, 0.15) is 0 Å². The molecule has 74 valence electrons. The number of aromatic nitrogens is 4. The van der Waals surface area contributed by atoms with E-state index in [1.807, 2.05) is 20.2 Å². The summed E-state index contributed by atoms with van der Waals surface area (Å²) in [6.07, 6.45) is 1.81. The molecule has 0 bridgehead atoms. The molecule has 0 amide bonds. The van der Waals surface area contributed by atoms with Gasteiger partial charge < -0.3 is 0 Å². The van der Waals surface area contributed by atoms with Gasteiger partial charge in [0.05, 0.1) is 17.3 Å². The van der Waals surface area contributed by atoms with Gasteiger partial charge in [-0.1, -0.05) is 18.7 Å². The Kier molecular flexibility index (Phi) is 2.41. The molecule has 2 aromatic heterocycles. The Morgan fingerprint density at radius 3 is 2.93 bits per heavy atom. The van der Waals surface area contributed by atoms with Crippen molar-refractivity contribution in [1.29, 1.82) is 0 Å². The second kappa shape index (κ2) is 3.57. The average molecular weight is 208 g/mol. The van der Waals surface area contributed by atoms with Crippen LogP contribution in [0.5, 0.6) is 0 Å². The van der Waals surface area contributed by atoms with Gasteiger partial charge in [-0.15, -0.1) is 0 Å². The Morgan fingerprint density at radius 2 is 2.21 bits per heavy atom. The molecule has 4 nitrogen and oxygen atoms in total. The zero-order valence-corrected chi connectivity index (χ0v) is 9.30. The molecule has 2 heterocycles. The maximum atomic E-state index is 4.44. The highest BCUT2D eigenvalue weighted by Crippen LogP contribution is 2.19. The van der Waals surface area contributed by atoms with E-state index in [4.69, 9.17) is 0 Å². The molecular formula is C9H12N4S. The van der Waals surface area contributed by atoms with Crippen molar-refractivity contribution in [1.82, 2.24) is 19.7 Å². The summed E-state index contributed by atoms with van der Waals surface area (Å²) < 4.78 is 1.78. The van der Waals surface area contributed by atoms with E-state index in [0.29, 0.717) is 0 Å². The van der Waals surface area contributed by atoms with Crippen molar-refractivity contribution >= 4 is 22.8 Å². The van der Waals surface area contributed by atoms with E-state index >= 15 is 0 Å². The third-order valence-corrected chi connectivity index (χ3v) is 2.77. The SMILES string of the molecule is CCSc1nc(C)c2cnn(C)c2n1. The van der Waals surface area contributed by atoms with E-state index in [1.165, 1.54) is 0 Å². The highest BCUT2D eigenvalue weighted by molar-refractivity contribution is 7.99. The van der Waals surface area contributed by atoms with Crippen molar-refractivity contribution < 1.29 is 0 Å². The van der Waals surface area contributed by atoms with E-state index in [1.54, 1.807) is 16.4 Å². The van der Waals surface area contributed by atoms with Crippen molar-refractivity contribution in [3.05, 3.63) is 11.9 Å². The van der Waals surface area contributed by atoms with E-state index in [-0.39, 0.29) is 0 Å². The van der Waals surface area contributed by atoms with Crippen LogP contribution >= 0.6 is 11.8 Å². The molecule has 0 aliphatic heterocycles. The molecule has 0 atom stereocenters. The maximum Gasteiger partial charge on any atom is 0.189 e. The second-order valence-corrected chi connectivity index (χ2v) is 4.26. The standard InChI is InChI=1S/C9H12N4S/c1-4-14-9-11-6(2)7-5-10-13(3)8(7)12-9/h5H,4H2,1-3H3. The average Bonchev–Trinajstić information content (AvgIpc) is 2.49. The molecule has 0 saturated carbocycles. The summed E-state index contributed by atoms with van der Waals surface area (Å²) in [4.78, 5) is 8.84. The maximum absolute atomic E-state index is 4.44. The number of nitrogens with zero attached hydrogens (tertiary/aromatic N) is 4. The topological polar surface area (TPSA) is 43.6 Å². The van der Waals surface area contributed by atoms with E-state index < -0.39 is 0 Å². The normalized spacial score (nSPS) is 11.1. The number of aryl methyl sites for hydroxylation is 2. The molecule has 5 heteroatoms. The Bertz CT molecular complexity index is 463. The Hall–Kier alpha value is -1.10. The lowest BCUT2D eigenvalue weighted by Crippen LogP contribution is -1.96. The van der Waals surface area contributed by atoms with E-state index in [9.17, 15) is 0 Å². The molecule has 0 aliphatic rings. The Labute approximate surface area is 86.7 Å². The first-order valence-corrected chi connectivity index (χ1v) is 5.50. The second-order valence-electron chi connectivity index (χ2n) is 3.03. The fourth-order valence-electron chi connectivity index (χ4n) is 1.33. The number of fused-ring (bicyclic) bond motifs is 1. The number of thioether (sulfide) groups is 1. The van der Waals surface area contributed by atoms with Gasteiger partial charge in [0.15, 0.2) is 10.8 Å². The first-order chi connectivity index (χ1) is 6.72. The van der Waals surface area contributed by atoms with Crippen LogP contribution in [0.25, 0.3) is 11.0 Å². The minimum atomic E-state index is 0.834. The predicted octanol–water partition coefficient (Wildman–Crippen LogP) is 1.78. The highest BCUT2D eigenvalue weighted by Gasteiger charge is 2.07. The molecule has 0 aliphatic carbocycles. The highest BCUT2D eigenvalue weighted by atomic mass is 32.2. The van der Waals surface area contributed by atoms with Crippen molar-refractivity contribution in [2.45, 2.75) is 19.0 Å². The number of rotatable bonds is 2. The molecule has 0 fully saturated rings. The monoisotopic (exact) mass is 208 g/mol. The zero-order valence-electron chi connectivity index (χ0n) is 8.48. The van der Waals surface area contributed by atoms with Crippen LogP contribution < -0.4 is 0 Å². The fraction of sp³-hybridized carbons (Fsp3) is 0.444. The molecule has 0 radical (unpaired) electrons. The quantitative estimate of drug-likeness (QED) is 0.557. The Balaban J connectivity index is 2.63. The molecule has 0 aromatic carbocycles. The first-order valence-electron chi connectivity index (χ1n) is 4.51. The third-order valence-electron chi connectivity index (χ3n) is 2.04. The lowest BCUT2D eigenvalue weighted by Gasteiger charge is -2.00. The van der Waals surface area contributed by atoms with Gasteiger partial charge in [0.25, 0.3) is 0 Å². The summed E-state index contributed by atoms with van der Waals surface area (Å²) in [5.74, 6) is 0.989. The number of hydrogen-bond donors (Lipinski definition) is 0. The van der Waals surface area contributed by atoms with Gasteiger partial charge in [-0.25, -0.2) is 9.97 Å². The number of hydrogen-bond acceptors (Lipinski definition) is 4. The summed E-state index contributed by atoms with van der Waals surface area (Å²) in [5, 5.41) is 6.03. The van der Waals surface area contributed by atoms with Crippen LogP contribution in [0.15, 0.2) is 11.4 Å². The summed E-state index contributed by atoms with van der Waals surface area (Å²) in [6, 6.07) is 0. The minimum Gasteiger partial charge on any atom is -0.250 e. The predicted molar refractivity (Wildman–Crippen MR) is 57.4 cm³/mol. The smallest absolute Gasteiger partial charge is 0.189 e. The van der Waals surface area contributed by atoms with Crippen LogP contribution in [0.4, 0.5) is 0 Å². The molecule has 2 rings (SSSR count). The minimum absolute atomic E-state index is 0.834. The first kappa shape index (κ1) is 9.45. The van der Waals surface area contributed by atoms with Gasteiger partial charge in [-0.3, -0.25) is 4.68 Å². The van der Waals surface area contributed by atoms with Gasteiger partial charge >= 0.3 is 0 Å². The van der Waals surface area contributed by atoms with Crippen LogP contribution in [0.1, 0.15) is 12.6 Å². The van der Waals surface area contributed by atoms with Crippen molar-refractivity contribution in [3.8, 4) is 0 Å². The van der Waals surface area contributed by atoms with Gasteiger partial charge in [-0.05, 0) is 12.7 Å². The molecule has 14 heavy (non-hydrogen) atoms. The molecule has 0 unspecified atom stereocenters. The summed E-state index contributed by atoms with van der Waals surface area (Å²) in [5.41, 5.74) is 1.91. The summed E-state index contributed by atoms with van der Waals surface area (Å²) >= 11 is 1.65.